The van der Waals surface area contributed by atoms with Gasteiger partial charge in [0.05, 0.1) is 0 Å². The summed E-state index contributed by atoms with van der Waals surface area (Å²) in [5.74, 6) is 2.11. The Morgan fingerprint density at radius 1 is 0.812 bits per heavy atom. The van der Waals surface area contributed by atoms with Gasteiger partial charge in [-0.15, -0.1) is 0 Å². The molecule has 2 aliphatic carbocycles. The fourth-order valence-electron chi connectivity index (χ4n) is 4.90. The van der Waals surface area contributed by atoms with Crippen LogP contribution in [0.25, 0.3) is 0 Å². The first-order chi connectivity index (χ1) is 7.91. The van der Waals surface area contributed by atoms with Crippen LogP contribution in [0.2, 0.25) is 0 Å². The van der Waals surface area contributed by atoms with E-state index < -0.39 is 0 Å². The van der Waals surface area contributed by atoms with Crippen LogP contribution in [0.3, 0.4) is 0 Å². The molecule has 3 rings (SSSR count). The van der Waals surface area contributed by atoms with Crippen LogP contribution in [-0.2, 0) is 0 Å². The molecule has 0 aromatic heterocycles. The van der Waals surface area contributed by atoms with Gasteiger partial charge in [-0.1, -0.05) is 44.9 Å². The summed E-state index contributed by atoms with van der Waals surface area (Å²) >= 11 is 0. The molecule has 92 valence electrons. The highest BCUT2D eigenvalue weighted by molar-refractivity contribution is 4.97. The average molecular weight is 221 g/mol. The Morgan fingerprint density at radius 3 is 2.31 bits per heavy atom. The van der Waals surface area contributed by atoms with Crippen molar-refractivity contribution in [3.8, 4) is 0 Å². The van der Waals surface area contributed by atoms with Gasteiger partial charge in [0.1, 0.15) is 0 Å². The minimum atomic E-state index is 0.776. The van der Waals surface area contributed by atoms with Crippen molar-refractivity contribution >= 4 is 0 Å². The molecule has 1 spiro atoms. The number of hydrogen-bond donors (Lipinski definition) is 1. The first-order valence-corrected chi connectivity index (χ1v) is 7.61. The molecular formula is C15H27N. The Kier molecular flexibility index (Phi) is 3.24. The smallest absolute Gasteiger partial charge is 0.00125 e. The van der Waals surface area contributed by atoms with E-state index in [9.17, 15) is 0 Å². The van der Waals surface area contributed by atoms with E-state index in [4.69, 9.17) is 0 Å². The highest BCUT2D eigenvalue weighted by atomic mass is 14.9. The van der Waals surface area contributed by atoms with Crippen LogP contribution in [0.4, 0.5) is 0 Å². The molecule has 0 radical (unpaired) electrons. The van der Waals surface area contributed by atoms with Gasteiger partial charge < -0.3 is 5.32 Å². The van der Waals surface area contributed by atoms with Crippen molar-refractivity contribution in [1.82, 2.24) is 5.32 Å². The monoisotopic (exact) mass is 221 g/mol. The van der Waals surface area contributed by atoms with Crippen LogP contribution < -0.4 is 5.32 Å². The maximum absolute atomic E-state index is 3.68. The summed E-state index contributed by atoms with van der Waals surface area (Å²) < 4.78 is 0. The molecule has 2 saturated carbocycles. The lowest BCUT2D eigenvalue weighted by Gasteiger charge is -2.49. The Morgan fingerprint density at radius 2 is 1.56 bits per heavy atom. The highest BCUT2D eigenvalue weighted by Crippen LogP contribution is 2.52. The molecule has 1 heterocycles. The summed E-state index contributed by atoms with van der Waals surface area (Å²) in [7, 11) is 0. The van der Waals surface area contributed by atoms with Crippen LogP contribution >= 0.6 is 0 Å². The molecule has 0 aromatic carbocycles. The number of rotatable bonds is 1. The van der Waals surface area contributed by atoms with Gasteiger partial charge in [0, 0.05) is 0 Å². The molecule has 1 N–H and O–H groups in total. The normalized spacial score (nSPS) is 35.6. The summed E-state index contributed by atoms with van der Waals surface area (Å²) in [4.78, 5) is 0. The zero-order chi connectivity index (χ0) is 10.8. The van der Waals surface area contributed by atoms with Crippen molar-refractivity contribution in [3.63, 3.8) is 0 Å². The average Bonchev–Trinajstić information content (AvgIpc) is 2.84. The van der Waals surface area contributed by atoms with E-state index >= 15 is 0 Å². The van der Waals surface area contributed by atoms with Gasteiger partial charge in [0.25, 0.3) is 0 Å². The topological polar surface area (TPSA) is 12.0 Å². The van der Waals surface area contributed by atoms with Gasteiger partial charge >= 0.3 is 0 Å². The van der Waals surface area contributed by atoms with Crippen LogP contribution in [0.5, 0.6) is 0 Å². The van der Waals surface area contributed by atoms with Gasteiger partial charge in [0.2, 0.25) is 0 Å². The third kappa shape index (κ3) is 1.92. The zero-order valence-corrected chi connectivity index (χ0v) is 10.6. The molecule has 3 aliphatic rings. The number of hydrogen-bond acceptors (Lipinski definition) is 1. The minimum absolute atomic E-state index is 0.776. The van der Waals surface area contributed by atoms with Crippen LogP contribution in [-0.4, -0.2) is 13.1 Å². The van der Waals surface area contributed by atoms with Gasteiger partial charge in [-0.25, -0.2) is 0 Å². The van der Waals surface area contributed by atoms with E-state index in [-0.39, 0.29) is 0 Å². The largest absolute Gasteiger partial charge is 0.316 e. The van der Waals surface area contributed by atoms with Gasteiger partial charge in [-0.2, -0.15) is 0 Å². The SMILES string of the molecule is C1CCC2(CC1)CCNCC2C1CCCC1. The van der Waals surface area contributed by atoms with Gasteiger partial charge in [-0.3, -0.25) is 0 Å². The lowest BCUT2D eigenvalue weighted by Crippen LogP contribution is -2.48. The minimum Gasteiger partial charge on any atom is -0.316 e. The lowest BCUT2D eigenvalue weighted by atomic mass is 9.59. The predicted octanol–water partition coefficient (Wildman–Crippen LogP) is 3.74. The molecule has 3 fully saturated rings. The molecule has 1 saturated heterocycles. The van der Waals surface area contributed by atoms with Crippen molar-refractivity contribution in [2.24, 2.45) is 17.3 Å². The molecule has 16 heavy (non-hydrogen) atoms. The second-order valence-electron chi connectivity index (χ2n) is 6.53. The van der Waals surface area contributed by atoms with Crippen molar-refractivity contribution in [2.45, 2.75) is 64.2 Å². The summed E-state index contributed by atoms with van der Waals surface area (Å²) in [6, 6.07) is 0. The Balaban J connectivity index is 1.76. The highest BCUT2D eigenvalue weighted by Gasteiger charge is 2.44. The summed E-state index contributed by atoms with van der Waals surface area (Å²) in [5, 5.41) is 3.68. The number of piperidine rings is 1. The Hall–Kier alpha value is -0.0400. The molecule has 1 atom stereocenters. The molecular weight excluding hydrogens is 194 g/mol. The Bertz CT molecular complexity index is 215. The lowest BCUT2D eigenvalue weighted by molar-refractivity contribution is 0.0229. The zero-order valence-electron chi connectivity index (χ0n) is 10.6. The van der Waals surface area contributed by atoms with E-state index in [0.717, 1.165) is 17.3 Å². The van der Waals surface area contributed by atoms with Crippen molar-refractivity contribution in [1.29, 1.82) is 0 Å². The van der Waals surface area contributed by atoms with Crippen LogP contribution in [0.1, 0.15) is 64.2 Å². The quantitative estimate of drug-likeness (QED) is 0.711. The fraction of sp³-hybridized carbons (Fsp3) is 1.00. The maximum atomic E-state index is 3.68. The number of nitrogens with one attached hydrogen (secondary N) is 1. The van der Waals surface area contributed by atoms with E-state index in [1.54, 1.807) is 12.8 Å². The van der Waals surface area contributed by atoms with E-state index in [1.807, 2.05) is 0 Å². The molecule has 0 amide bonds. The van der Waals surface area contributed by atoms with Crippen molar-refractivity contribution in [2.75, 3.05) is 13.1 Å². The Labute approximate surface area is 100 Å². The first-order valence-electron chi connectivity index (χ1n) is 7.61. The fourth-order valence-corrected chi connectivity index (χ4v) is 4.90. The standard InChI is InChI=1S/C15H27N/c1-4-8-15(9-5-1)10-11-16-12-14(15)13-6-2-3-7-13/h13-14,16H,1-12H2. The van der Waals surface area contributed by atoms with E-state index in [2.05, 4.69) is 5.32 Å². The predicted molar refractivity (Wildman–Crippen MR) is 68.5 cm³/mol. The second-order valence-corrected chi connectivity index (χ2v) is 6.53. The van der Waals surface area contributed by atoms with Crippen LogP contribution in [0.15, 0.2) is 0 Å². The summed E-state index contributed by atoms with van der Waals surface area (Å²) in [5.41, 5.74) is 0.776. The van der Waals surface area contributed by atoms with E-state index in [1.165, 1.54) is 64.5 Å². The summed E-state index contributed by atoms with van der Waals surface area (Å²) in [6.07, 6.45) is 15.2. The molecule has 0 bridgehead atoms. The van der Waals surface area contributed by atoms with E-state index in [0.29, 0.717) is 0 Å². The first kappa shape index (κ1) is 11.1. The van der Waals surface area contributed by atoms with Gasteiger partial charge in [0.15, 0.2) is 0 Å². The third-order valence-corrected chi connectivity index (χ3v) is 5.77. The molecule has 1 heteroatoms. The third-order valence-electron chi connectivity index (χ3n) is 5.77. The molecule has 1 unspecified atom stereocenters. The molecule has 1 aliphatic heterocycles. The molecule has 0 aromatic rings. The van der Waals surface area contributed by atoms with Crippen LogP contribution in [0, 0.1) is 17.3 Å². The summed E-state index contributed by atoms with van der Waals surface area (Å²) in [6.45, 7) is 2.63. The van der Waals surface area contributed by atoms with Gasteiger partial charge in [-0.05, 0) is 49.6 Å². The molecule has 1 nitrogen and oxygen atoms in total. The second kappa shape index (κ2) is 4.68. The van der Waals surface area contributed by atoms with Crippen molar-refractivity contribution < 1.29 is 0 Å². The van der Waals surface area contributed by atoms with Crippen molar-refractivity contribution in [3.05, 3.63) is 0 Å². The maximum Gasteiger partial charge on any atom is -0.00125 e.